The predicted molar refractivity (Wildman–Crippen MR) is 81.4 cm³/mol. The molecule has 1 N–H and O–H groups in total. The normalized spacial score (nSPS) is 37.5. The lowest BCUT2D eigenvalue weighted by Gasteiger charge is -2.10. The molecule has 104 valence electrons. The lowest BCUT2D eigenvalue weighted by Crippen LogP contribution is -2.22. The van der Waals surface area contributed by atoms with Crippen LogP contribution in [0.1, 0.15) is 24.8 Å². The van der Waals surface area contributed by atoms with E-state index in [0.717, 1.165) is 36.3 Å². The van der Waals surface area contributed by atoms with Crippen LogP contribution in [0.2, 0.25) is 0 Å². The van der Waals surface area contributed by atoms with E-state index in [0.29, 0.717) is 0 Å². The number of aromatic nitrogens is 1. The number of rotatable bonds is 3. The second kappa shape index (κ2) is 3.88. The monoisotopic (exact) mass is 266 g/mol. The van der Waals surface area contributed by atoms with Crippen molar-refractivity contribution in [1.82, 2.24) is 9.88 Å². The quantitative estimate of drug-likeness (QED) is 0.902. The number of nitrogens with one attached hydrogen (secondary N) is 1. The van der Waals surface area contributed by atoms with Crippen LogP contribution in [0.5, 0.6) is 0 Å². The Bertz CT molecular complexity index is 655. The van der Waals surface area contributed by atoms with Gasteiger partial charge in [0.05, 0.1) is 0 Å². The van der Waals surface area contributed by atoms with Crippen LogP contribution < -0.4 is 5.32 Å². The van der Waals surface area contributed by atoms with Crippen LogP contribution in [0.4, 0.5) is 0 Å². The molecule has 1 aromatic carbocycles. The van der Waals surface area contributed by atoms with Crippen molar-refractivity contribution in [1.29, 1.82) is 0 Å². The Morgan fingerprint density at radius 2 is 1.90 bits per heavy atom. The molecule has 4 unspecified atom stereocenters. The molecule has 2 heteroatoms. The highest BCUT2D eigenvalue weighted by atomic mass is 15.0. The van der Waals surface area contributed by atoms with Gasteiger partial charge >= 0.3 is 0 Å². The molecule has 3 saturated carbocycles. The van der Waals surface area contributed by atoms with E-state index in [4.69, 9.17) is 0 Å². The molecule has 0 amide bonds. The smallest absolute Gasteiger partial charge is 0.0481 e. The van der Waals surface area contributed by atoms with Crippen molar-refractivity contribution >= 4 is 10.9 Å². The van der Waals surface area contributed by atoms with E-state index in [1.165, 1.54) is 29.3 Å². The molecule has 2 aromatic rings. The van der Waals surface area contributed by atoms with E-state index in [-0.39, 0.29) is 0 Å². The Hall–Kier alpha value is -1.28. The van der Waals surface area contributed by atoms with E-state index < -0.39 is 0 Å². The molecule has 20 heavy (non-hydrogen) atoms. The van der Waals surface area contributed by atoms with Crippen molar-refractivity contribution in [2.24, 2.45) is 30.7 Å². The number of hydrogen-bond acceptors (Lipinski definition) is 1. The van der Waals surface area contributed by atoms with Gasteiger partial charge in [-0.05, 0) is 54.6 Å². The second-order valence-corrected chi connectivity index (χ2v) is 7.18. The topological polar surface area (TPSA) is 17.0 Å². The Labute approximate surface area is 120 Å². The fraction of sp³-hybridized carbons (Fsp3) is 0.556. The Kier molecular flexibility index (Phi) is 2.21. The average Bonchev–Trinajstić information content (AvgIpc) is 2.78. The van der Waals surface area contributed by atoms with Gasteiger partial charge in [-0.15, -0.1) is 0 Å². The van der Waals surface area contributed by atoms with Crippen LogP contribution in [0, 0.1) is 23.7 Å². The SMILES string of the molecule is Cn1cc(CNC2C3C4CCC(C4)C23)c2ccccc21. The van der Waals surface area contributed by atoms with Gasteiger partial charge in [-0.3, -0.25) is 0 Å². The molecule has 3 fully saturated rings. The van der Waals surface area contributed by atoms with E-state index >= 15 is 0 Å². The molecule has 0 radical (unpaired) electrons. The van der Waals surface area contributed by atoms with E-state index in [2.05, 4.69) is 47.4 Å². The van der Waals surface area contributed by atoms with Crippen molar-refractivity contribution in [3.8, 4) is 0 Å². The first-order valence-electron chi connectivity index (χ1n) is 8.09. The van der Waals surface area contributed by atoms with Crippen molar-refractivity contribution in [3.05, 3.63) is 36.0 Å². The average molecular weight is 266 g/mol. The van der Waals surface area contributed by atoms with Crippen LogP contribution >= 0.6 is 0 Å². The molecule has 5 rings (SSSR count). The van der Waals surface area contributed by atoms with Gasteiger partial charge in [0.2, 0.25) is 0 Å². The molecule has 2 nitrogen and oxygen atoms in total. The summed E-state index contributed by atoms with van der Waals surface area (Å²) in [7, 11) is 2.15. The van der Waals surface area contributed by atoms with Crippen LogP contribution in [-0.4, -0.2) is 10.6 Å². The molecule has 1 heterocycles. The van der Waals surface area contributed by atoms with Gasteiger partial charge in [-0.2, -0.15) is 0 Å². The number of para-hydroxylation sites is 1. The van der Waals surface area contributed by atoms with E-state index in [1.54, 1.807) is 6.42 Å². The van der Waals surface area contributed by atoms with E-state index in [9.17, 15) is 0 Å². The Morgan fingerprint density at radius 3 is 2.70 bits per heavy atom. The molecular formula is C18H22N2. The summed E-state index contributed by atoms with van der Waals surface area (Å²) in [4.78, 5) is 0. The van der Waals surface area contributed by atoms with Gasteiger partial charge in [0.25, 0.3) is 0 Å². The van der Waals surface area contributed by atoms with Crippen LogP contribution in [0.3, 0.4) is 0 Å². The number of benzene rings is 1. The third-order valence-corrected chi connectivity index (χ3v) is 6.24. The summed E-state index contributed by atoms with van der Waals surface area (Å²) < 4.78 is 2.25. The summed E-state index contributed by atoms with van der Waals surface area (Å²) in [6.07, 6.45) is 6.86. The first-order chi connectivity index (χ1) is 9.83. The fourth-order valence-corrected chi connectivity index (χ4v) is 5.39. The second-order valence-electron chi connectivity index (χ2n) is 7.18. The Balaban J connectivity index is 1.35. The minimum atomic E-state index is 0.834. The summed E-state index contributed by atoms with van der Waals surface area (Å²) in [5.41, 5.74) is 2.81. The molecule has 3 aliphatic rings. The first-order valence-corrected chi connectivity index (χ1v) is 8.09. The standard InChI is InChI=1S/C18H22N2/c1-20-10-13(14-4-2-3-5-15(14)20)9-19-18-16-11-6-7-12(8-11)17(16)18/h2-5,10-12,16-19H,6-9H2,1H3. The molecular weight excluding hydrogens is 244 g/mol. The van der Waals surface area contributed by atoms with Gasteiger partial charge in [0.1, 0.15) is 0 Å². The summed E-state index contributed by atoms with van der Waals surface area (Å²) in [6, 6.07) is 9.58. The largest absolute Gasteiger partial charge is 0.350 e. The molecule has 0 spiro atoms. The maximum atomic E-state index is 3.87. The summed E-state index contributed by atoms with van der Waals surface area (Å²) in [5, 5.41) is 5.28. The lowest BCUT2D eigenvalue weighted by molar-refractivity contribution is 0.456. The number of nitrogens with zero attached hydrogens (tertiary/aromatic N) is 1. The lowest BCUT2D eigenvalue weighted by atomic mass is 10.0. The molecule has 1 aromatic heterocycles. The van der Waals surface area contributed by atoms with Crippen molar-refractivity contribution in [2.75, 3.05) is 0 Å². The zero-order chi connectivity index (χ0) is 13.3. The third-order valence-electron chi connectivity index (χ3n) is 6.24. The predicted octanol–water partition coefficient (Wildman–Crippen LogP) is 3.31. The van der Waals surface area contributed by atoms with Crippen LogP contribution in [-0.2, 0) is 13.6 Å². The van der Waals surface area contributed by atoms with Gasteiger partial charge in [-0.1, -0.05) is 18.2 Å². The van der Waals surface area contributed by atoms with Crippen LogP contribution in [0.25, 0.3) is 10.9 Å². The molecule has 4 atom stereocenters. The zero-order valence-corrected chi connectivity index (χ0v) is 12.0. The fourth-order valence-electron chi connectivity index (χ4n) is 5.39. The molecule has 0 aliphatic heterocycles. The first kappa shape index (κ1) is 11.4. The summed E-state index contributed by atoms with van der Waals surface area (Å²) >= 11 is 0. The number of fused-ring (bicyclic) bond motifs is 6. The van der Waals surface area contributed by atoms with Crippen LogP contribution in [0.15, 0.2) is 30.5 Å². The Morgan fingerprint density at radius 1 is 1.15 bits per heavy atom. The van der Waals surface area contributed by atoms with Gasteiger partial charge in [0.15, 0.2) is 0 Å². The van der Waals surface area contributed by atoms with Crippen molar-refractivity contribution < 1.29 is 0 Å². The minimum absolute atomic E-state index is 0.834. The molecule has 0 saturated heterocycles. The zero-order valence-electron chi connectivity index (χ0n) is 12.0. The highest BCUT2D eigenvalue weighted by Crippen LogP contribution is 2.65. The van der Waals surface area contributed by atoms with Crippen molar-refractivity contribution in [2.45, 2.75) is 31.8 Å². The van der Waals surface area contributed by atoms with Gasteiger partial charge in [0, 0.05) is 36.7 Å². The number of hydrogen-bond donors (Lipinski definition) is 1. The molecule has 2 bridgehead atoms. The third kappa shape index (κ3) is 1.43. The summed E-state index contributed by atoms with van der Waals surface area (Å²) in [5.74, 6) is 4.19. The maximum Gasteiger partial charge on any atom is 0.0481 e. The highest BCUT2D eigenvalue weighted by Gasteiger charge is 2.64. The maximum absolute atomic E-state index is 3.87. The highest BCUT2D eigenvalue weighted by molar-refractivity contribution is 5.83. The van der Waals surface area contributed by atoms with E-state index in [1.807, 2.05) is 0 Å². The minimum Gasteiger partial charge on any atom is -0.350 e. The molecule has 3 aliphatic carbocycles. The summed E-state index contributed by atoms with van der Waals surface area (Å²) in [6.45, 7) is 1.04. The van der Waals surface area contributed by atoms with Gasteiger partial charge < -0.3 is 9.88 Å². The number of aryl methyl sites for hydroxylation is 1. The van der Waals surface area contributed by atoms with Gasteiger partial charge in [-0.25, -0.2) is 0 Å². The van der Waals surface area contributed by atoms with Crippen molar-refractivity contribution in [3.63, 3.8) is 0 Å².